The van der Waals surface area contributed by atoms with Gasteiger partial charge in [-0.05, 0) is 50.3 Å². The standard InChI is InChI=1S/C13H21F/c1-8(2)9(3)10(4)11(5)12(6)13(7)14/h8H,7H2,1-6H3/b10-9+,12-11-. The molecule has 0 N–H and O–H groups in total. The first-order chi connectivity index (χ1) is 6.29. The number of halogens is 1. The maximum atomic E-state index is 12.9. The monoisotopic (exact) mass is 196 g/mol. The van der Waals surface area contributed by atoms with Crippen LogP contribution in [0.25, 0.3) is 0 Å². The van der Waals surface area contributed by atoms with Crippen LogP contribution in [0, 0.1) is 5.92 Å². The Bertz CT molecular complexity index is 290. The molecule has 0 aliphatic heterocycles. The second-order valence-electron chi connectivity index (χ2n) is 4.12. The lowest BCUT2D eigenvalue weighted by atomic mass is 9.93. The summed E-state index contributed by atoms with van der Waals surface area (Å²) in [4.78, 5) is 0. The molecule has 80 valence electrons. The number of hydrogen-bond acceptors (Lipinski definition) is 0. The van der Waals surface area contributed by atoms with Crippen molar-refractivity contribution in [2.24, 2.45) is 5.92 Å². The Morgan fingerprint density at radius 3 is 1.64 bits per heavy atom. The Kier molecular flexibility index (Phi) is 4.82. The fraction of sp³-hybridized carbons (Fsp3) is 0.538. The zero-order chi connectivity index (χ0) is 11.5. The van der Waals surface area contributed by atoms with Crippen LogP contribution in [0.4, 0.5) is 4.39 Å². The second kappa shape index (κ2) is 5.14. The average Bonchev–Trinajstić information content (AvgIpc) is 2.12. The molecule has 0 atom stereocenters. The summed E-state index contributed by atoms with van der Waals surface area (Å²) in [6.07, 6.45) is 0. The smallest absolute Gasteiger partial charge is 0.119 e. The summed E-state index contributed by atoms with van der Waals surface area (Å²) in [5.41, 5.74) is 4.14. The van der Waals surface area contributed by atoms with E-state index in [2.05, 4.69) is 27.4 Å². The first-order valence-corrected chi connectivity index (χ1v) is 4.99. The van der Waals surface area contributed by atoms with Crippen LogP contribution in [-0.2, 0) is 0 Å². The highest BCUT2D eigenvalue weighted by molar-refractivity contribution is 5.40. The van der Waals surface area contributed by atoms with Gasteiger partial charge < -0.3 is 0 Å². The summed E-state index contributed by atoms with van der Waals surface area (Å²) in [5.74, 6) is 0.170. The molecule has 0 nitrogen and oxygen atoms in total. The molecule has 14 heavy (non-hydrogen) atoms. The molecule has 0 aliphatic rings. The van der Waals surface area contributed by atoms with Gasteiger partial charge in [0, 0.05) is 0 Å². The van der Waals surface area contributed by atoms with Crippen LogP contribution in [-0.4, -0.2) is 0 Å². The van der Waals surface area contributed by atoms with E-state index in [1.54, 1.807) is 6.92 Å². The highest BCUT2D eigenvalue weighted by Crippen LogP contribution is 2.25. The molecule has 0 saturated heterocycles. The maximum absolute atomic E-state index is 12.9. The summed E-state index contributed by atoms with van der Waals surface area (Å²) >= 11 is 0. The highest BCUT2D eigenvalue weighted by atomic mass is 19.1. The van der Waals surface area contributed by atoms with Gasteiger partial charge >= 0.3 is 0 Å². The summed E-state index contributed by atoms with van der Waals surface area (Å²) < 4.78 is 12.9. The van der Waals surface area contributed by atoms with Crippen LogP contribution in [0.3, 0.4) is 0 Å². The third kappa shape index (κ3) is 3.13. The second-order valence-corrected chi connectivity index (χ2v) is 4.12. The van der Waals surface area contributed by atoms with Crippen LogP contribution < -0.4 is 0 Å². The number of allylic oxidation sites excluding steroid dienone is 5. The number of rotatable bonds is 3. The van der Waals surface area contributed by atoms with Crippen molar-refractivity contribution in [3.8, 4) is 0 Å². The molecule has 0 aromatic heterocycles. The molecule has 1 heteroatoms. The van der Waals surface area contributed by atoms with E-state index in [1.807, 2.05) is 13.8 Å². The molecule has 0 aliphatic carbocycles. The zero-order valence-electron chi connectivity index (χ0n) is 10.2. The van der Waals surface area contributed by atoms with E-state index in [1.165, 1.54) is 11.1 Å². The third-order valence-corrected chi connectivity index (χ3v) is 2.99. The summed E-state index contributed by atoms with van der Waals surface area (Å²) in [5, 5.41) is 0. The Morgan fingerprint density at radius 2 is 1.36 bits per heavy atom. The van der Waals surface area contributed by atoms with Crippen LogP contribution in [0.5, 0.6) is 0 Å². The van der Waals surface area contributed by atoms with Crippen molar-refractivity contribution >= 4 is 0 Å². The van der Waals surface area contributed by atoms with E-state index < -0.39 is 0 Å². The van der Waals surface area contributed by atoms with Crippen LogP contribution >= 0.6 is 0 Å². The molecule has 0 heterocycles. The van der Waals surface area contributed by atoms with Gasteiger partial charge in [0.1, 0.15) is 5.83 Å². The molecule has 0 spiro atoms. The molecule has 0 radical (unpaired) electrons. The van der Waals surface area contributed by atoms with Gasteiger partial charge in [-0.15, -0.1) is 0 Å². The minimum Gasteiger partial charge on any atom is -0.207 e. The highest BCUT2D eigenvalue weighted by Gasteiger charge is 2.07. The van der Waals surface area contributed by atoms with Gasteiger partial charge in [-0.2, -0.15) is 0 Å². The van der Waals surface area contributed by atoms with Crippen molar-refractivity contribution in [2.45, 2.75) is 41.5 Å². The van der Waals surface area contributed by atoms with Crippen molar-refractivity contribution in [2.75, 3.05) is 0 Å². The quantitative estimate of drug-likeness (QED) is 0.569. The molecule has 0 aromatic carbocycles. The van der Waals surface area contributed by atoms with Crippen molar-refractivity contribution in [1.82, 2.24) is 0 Å². The maximum Gasteiger partial charge on any atom is 0.119 e. The Labute approximate surface area is 87.2 Å². The lowest BCUT2D eigenvalue weighted by Gasteiger charge is -2.13. The molecule has 0 rings (SSSR count). The van der Waals surface area contributed by atoms with Crippen LogP contribution in [0.15, 0.2) is 34.7 Å². The van der Waals surface area contributed by atoms with Crippen LogP contribution in [0.2, 0.25) is 0 Å². The fourth-order valence-corrected chi connectivity index (χ4v) is 1.21. The van der Waals surface area contributed by atoms with Gasteiger partial charge in [-0.3, -0.25) is 0 Å². The van der Waals surface area contributed by atoms with E-state index in [0.717, 1.165) is 5.57 Å². The lowest BCUT2D eigenvalue weighted by molar-refractivity contribution is 0.653. The molecular formula is C13H21F. The largest absolute Gasteiger partial charge is 0.207 e. The van der Waals surface area contributed by atoms with Gasteiger partial charge in [0.15, 0.2) is 0 Å². The third-order valence-electron chi connectivity index (χ3n) is 2.99. The van der Waals surface area contributed by atoms with Crippen LogP contribution in [0.1, 0.15) is 41.5 Å². The summed E-state index contributed by atoms with van der Waals surface area (Å²) in [7, 11) is 0. The zero-order valence-corrected chi connectivity index (χ0v) is 10.2. The summed E-state index contributed by atoms with van der Waals surface area (Å²) in [6.45, 7) is 15.5. The van der Waals surface area contributed by atoms with Gasteiger partial charge in [0.2, 0.25) is 0 Å². The number of hydrogen-bond donors (Lipinski definition) is 0. The lowest BCUT2D eigenvalue weighted by Crippen LogP contribution is -1.96. The predicted octanol–water partition coefficient (Wildman–Crippen LogP) is 4.80. The molecule has 0 fully saturated rings. The van der Waals surface area contributed by atoms with E-state index in [4.69, 9.17) is 0 Å². The Hall–Kier alpha value is -0.850. The van der Waals surface area contributed by atoms with E-state index in [-0.39, 0.29) is 5.83 Å². The molecule has 0 aromatic rings. The molecule has 0 bridgehead atoms. The van der Waals surface area contributed by atoms with E-state index in [0.29, 0.717) is 11.5 Å². The fourth-order valence-electron chi connectivity index (χ4n) is 1.21. The first-order valence-electron chi connectivity index (χ1n) is 4.99. The molecule has 0 saturated carbocycles. The van der Waals surface area contributed by atoms with Crippen molar-refractivity contribution < 1.29 is 4.39 Å². The Balaban J connectivity index is 5.24. The van der Waals surface area contributed by atoms with E-state index >= 15 is 0 Å². The minimum atomic E-state index is -0.335. The van der Waals surface area contributed by atoms with Gasteiger partial charge in [-0.25, -0.2) is 4.39 Å². The van der Waals surface area contributed by atoms with Crippen molar-refractivity contribution in [3.63, 3.8) is 0 Å². The molecule has 0 amide bonds. The van der Waals surface area contributed by atoms with E-state index in [9.17, 15) is 4.39 Å². The predicted molar refractivity (Wildman–Crippen MR) is 61.8 cm³/mol. The van der Waals surface area contributed by atoms with Crippen molar-refractivity contribution in [1.29, 1.82) is 0 Å². The van der Waals surface area contributed by atoms with Crippen molar-refractivity contribution in [3.05, 3.63) is 34.7 Å². The first kappa shape index (κ1) is 13.2. The van der Waals surface area contributed by atoms with Gasteiger partial charge in [0.05, 0.1) is 0 Å². The average molecular weight is 196 g/mol. The normalized spacial score (nSPS) is 15.1. The minimum absolute atomic E-state index is 0.335. The van der Waals surface area contributed by atoms with Gasteiger partial charge in [0.25, 0.3) is 0 Å². The molecule has 0 unspecified atom stereocenters. The SMILES string of the molecule is C=C(F)/C(C)=C(C)\C(C)=C(/C)C(C)C. The van der Waals surface area contributed by atoms with Gasteiger partial charge in [-0.1, -0.05) is 26.0 Å². The Morgan fingerprint density at radius 1 is 0.929 bits per heavy atom. The molecular weight excluding hydrogens is 175 g/mol. The topological polar surface area (TPSA) is 0 Å². The summed E-state index contributed by atoms with van der Waals surface area (Å²) in [6, 6.07) is 0.